The van der Waals surface area contributed by atoms with Crippen molar-refractivity contribution >= 4 is 11.0 Å². The van der Waals surface area contributed by atoms with Crippen molar-refractivity contribution in [2.45, 2.75) is 13.0 Å². The van der Waals surface area contributed by atoms with Crippen LogP contribution in [-0.2, 0) is 11.3 Å². The molecule has 1 aliphatic heterocycles. The van der Waals surface area contributed by atoms with E-state index in [2.05, 4.69) is 15.1 Å². The fraction of sp³-hybridized carbons (Fsp3) is 0.235. The Labute approximate surface area is 140 Å². The zero-order valence-corrected chi connectivity index (χ0v) is 13.1. The van der Waals surface area contributed by atoms with Crippen LogP contribution in [0.3, 0.4) is 0 Å². The summed E-state index contributed by atoms with van der Waals surface area (Å²) in [7, 11) is 0. The van der Waals surface area contributed by atoms with Gasteiger partial charge in [0.15, 0.2) is 5.65 Å². The third-order valence-corrected chi connectivity index (χ3v) is 4.36. The Morgan fingerprint density at radius 1 is 1.20 bits per heavy atom. The number of fused-ring (bicyclic) bond motifs is 3. The largest absolute Gasteiger partial charge is 0.487 e. The average Bonchev–Trinajstić information content (AvgIpc) is 3.19. The molecule has 0 amide bonds. The highest BCUT2D eigenvalue weighted by molar-refractivity contribution is 5.75. The summed E-state index contributed by atoms with van der Waals surface area (Å²) in [5, 5.41) is 4.60. The maximum atomic E-state index is 13.7. The number of nitrogens with one attached hydrogen (secondary N) is 1. The van der Waals surface area contributed by atoms with Gasteiger partial charge in [0, 0.05) is 6.07 Å². The van der Waals surface area contributed by atoms with Crippen molar-refractivity contribution in [3.8, 4) is 11.4 Å². The van der Waals surface area contributed by atoms with E-state index in [1.165, 1.54) is 28.6 Å². The lowest BCUT2D eigenvalue weighted by Gasteiger charge is -2.11. The number of hydrogen-bond acceptors (Lipinski definition) is 5. The second-order valence-electron chi connectivity index (χ2n) is 6.08. The van der Waals surface area contributed by atoms with Crippen LogP contribution in [0, 0.1) is 5.82 Å². The first kappa shape index (κ1) is 14.4. The van der Waals surface area contributed by atoms with Crippen molar-refractivity contribution in [3.05, 3.63) is 57.5 Å². The van der Waals surface area contributed by atoms with Crippen LogP contribution in [0.5, 0.6) is 5.75 Å². The van der Waals surface area contributed by atoms with Crippen LogP contribution in [0.4, 0.5) is 4.39 Å². The van der Waals surface area contributed by atoms with E-state index in [1.807, 2.05) is 0 Å². The Kier molecular flexibility index (Phi) is 3.01. The summed E-state index contributed by atoms with van der Waals surface area (Å²) in [4.78, 5) is 19.4. The molecule has 3 heterocycles. The smallest absolute Gasteiger partial charge is 0.262 e. The monoisotopic (exact) mass is 340 g/mol. The number of benzene rings is 1. The molecule has 7 nitrogen and oxygen atoms in total. The fourth-order valence-electron chi connectivity index (χ4n) is 2.94. The van der Waals surface area contributed by atoms with E-state index in [4.69, 9.17) is 9.47 Å². The molecule has 8 heteroatoms. The number of aromatic nitrogens is 4. The van der Waals surface area contributed by atoms with Crippen LogP contribution in [0.2, 0.25) is 0 Å². The predicted octanol–water partition coefficient (Wildman–Crippen LogP) is 1.86. The van der Waals surface area contributed by atoms with E-state index in [0.29, 0.717) is 41.5 Å². The van der Waals surface area contributed by atoms with Gasteiger partial charge in [0.25, 0.3) is 5.56 Å². The van der Waals surface area contributed by atoms with Gasteiger partial charge in [-0.3, -0.25) is 4.79 Å². The number of rotatable bonds is 0. The van der Waals surface area contributed by atoms with Gasteiger partial charge in [-0.1, -0.05) is 0 Å². The van der Waals surface area contributed by atoms with E-state index >= 15 is 0 Å². The van der Waals surface area contributed by atoms with Crippen LogP contribution in [0.15, 0.2) is 40.3 Å². The maximum Gasteiger partial charge on any atom is 0.262 e. The molecule has 0 radical (unpaired) electrons. The molecule has 5 rings (SSSR count). The first-order valence-electron chi connectivity index (χ1n) is 7.86. The van der Waals surface area contributed by atoms with Gasteiger partial charge in [-0.15, -0.1) is 0 Å². The normalized spacial score (nSPS) is 16.5. The first-order chi connectivity index (χ1) is 12.2. The minimum Gasteiger partial charge on any atom is -0.487 e. The summed E-state index contributed by atoms with van der Waals surface area (Å²) >= 11 is 0. The summed E-state index contributed by atoms with van der Waals surface area (Å²) in [6.07, 6.45) is 2.28. The van der Waals surface area contributed by atoms with Gasteiger partial charge >= 0.3 is 0 Å². The summed E-state index contributed by atoms with van der Waals surface area (Å²) in [5.74, 6) is 0.373. The Hall–Kier alpha value is -3.00. The number of nitrogens with zero attached hydrogens (tertiary/aromatic N) is 3. The molecule has 2 bridgehead atoms. The molecule has 0 unspecified atom stereocenters. The average molecular weight is 340 g/mol. The molecule has 3 aromatic rings. The van der Waals surface area contributed by atoms with Crippen LogP contribution >= 0.6 is 0 Å². The number of ether oxygens (including phenoxy) is 2. The molecular formula is C17H13FN4O3. The van der Waals surface area contributed by atoms with E-state index in [1.54, 1.807) is 6.07 Å². The Morgan fingerprint density at radius 2 is 2.08 bits per heavy atom. The number of hydrogen-bond donors (Lipinski definition) is 1. The number of halogens is 1. The highest BCUT2D eigenvalue weighted by Crippen LogP contribution is 2.33. The fourth-order valence-corrected chi connectivity index (χ4v) is 2.94. The van der Waals surface area contributed by atoms with Crippen molar-refractivity contribution < 1.29 is 13.9 Å². The molecule has 0 spiro atoms. The minimum atomic E-state index is -0.403. The lowest BCUT2D eigenvalue weighted by molar-refractivity contribution is 0.138. The van der Waals surface area contributed by atoms with E-state index in [-0.39, 0.29) is 12.2 Å². The molecule has 0 atom stereocenters. The minimum absolute atomic E-state index is 0.199. The third kappa shape index (κ3) is 2.42. The van der Waals surface area contributed by atoms with Gasteiger partial charge in [-0.2, -0.15) is 5.10 Å². The quantitative estimate of drug-likeness (QED) is 0.632. The lowest BCUT2D eigenvalue weighted by atomic mass is 10.3. The van der Waals surface area contributed by atoms with E-state index < -0.39 is 5.82 Å². The van der Waals surface area contributed by atoms with Gasteiger partial charge < -0.3 is 14.5 Å². The molecule has 126 valence electrons. The summed E-state index contributed by atoms with van der Waals surface area (Å²) in [5.41, 5.74) is 2.93. The molecule has 0 saturated carbocycles. The first-order valence-corrected chi connectivity index (χ1v) is 7.86. The Bertz CT molecular complexity index is 1100. The molecule has 25 heavy (non-hydrogen) atoms. The lowest BCUT2D eigenvalue weighted by Crippen LogP contribution is -2.13. The summed E-state index contributed by atoms with van der Waals surface area (Å²) < 4.78 is 26.6. The molecule has 0 fully saturated rings. The van der Waals surface area contributed by atoms with Crippen LogP contribution in [0.25, 0.3) is 16.7 Å². The summed E-state index contributed by atoms with van der Waals surface area (Å²) in [6, 6.07) is 4.21. The van der Waals surface area contributed by atoms with Crippen molar-refractivity contribution in [2.24, 2.45) is 0 Å². The van der Waals surface area contributed by atoms with Crippen molar-refractivity contribution in [2.75, 3.05) is 13.2 Å². The second-order valence-corrected chi connectivity index (χ2v) is 6.08. The van der Waals surface area contributed by atoms with Gasteiger partial charge in [-0.25, -0.2) is 14.1 Å². The van der Waals surface area contributed by atoms with Crippen LogP contribution in [0.1, 0.15) is 12.2 Å². The van der Waals surface area contributed by atoms with Gasteiger partial charge in [0.2, 0.25) is 0 Å². The van der Waals surface area contributed by atoms with Crippen molar-refractivity contribution in [3.63, 3.8) is 0 Å². The summed E-state index contributed by atoms with van der Waals surface area (Å²) in [6.45, 7) is 1.05. The Balaban J connectivity index is 1.74. The topological polar surface area (TPSA) is 82.0 Å². The van der Waals surface area contributed by atoms with E-state index in [0.717, 1.165) is 12.0 Å². The number of aromatic amines is 1. The molecule has 2 aromatic heterocycles. The molecule has 1 aliphatic carbocycles. The third-order valence-electron chi connectivity index (χ3n) is 4.36. The zero-order valence-electron chi connectivity index (χ0n) is 13.1. The molecule has 2 aliphatic rings. The highest BCUT2D eigenvalue weighted by Gasteiger charge is 2.24. The second kappa shape index (κ2) is 5.25. The highest BCUT2D eigenvalue weighted by atomic mass is 19.1. The molecule has 1 N–H and O–H groups in total. The standard InChI is InChI=1S/C17H13FN4O3/c18-11-1-2-13-14(4-11)25-7-10-3-9(10)6-24-8-15-20-16-12(17(23)21-15)5-19-22(13)16/h1-2,4-5H,3,6-8H2,(H,20,21,23). The van der Waals surface area contributed by atoms with Crippen LogP contribution in [-0.4, -0.2) is 33.0 Å². The van der Waals surface area contributed by atoms with Crippen molar-refractivity contribution in [1.82, 2.24) is 19.7 Å². The van der Waals surface area contributed by atoms with E-state index in [9.17, 15) is 9.18 Å². The maximum absolute atomic E-state index is 13.7. The molecule has 1 aromatic carbocycles. The predicted molar refractivity (Wildman–Crippen MR) is 86.2 cm³/mol. The van der Waals surface area contributed by atoms with Gasteiger partial charge in [0.1, 0.15) is 41.7 Å². The van der Waals surface area contributed by atoms with Gasteiger partial charge in [-0.05, 0) is 29.7 Å². The molecule has 0 saturated heterocycles. The Morgan fingerprint density at radius 3 is 3.00 bits per heavy atom. The zero-order chi connectivity index (χ0) is 17.0. The van der Waals surface area contributed by atoms with Crippen LogP contribution < -0.4 is 10.3 Å². The number of H-pyrrole nitrogens is 1. The SMILES string of the molecule is O=c1[nH]c2nc3c1cnn3-c1ccc(F)cc1OCC1=C(COC2)C1. The molecular weight excluding hydrogens is 327 g/mol. The van der Waals surface area contributed by atoms with Gasteiger partial charge in [0.05, 0.1) is 12.8 Å². The van der Waals surface area contributed by atoms with Crippen molar-refractivity contribution in [1.29, 1.82) is 0 Å².